The molecule has 0 bridgehead atoms. The molecule has 0 atom stereocenters. The normalized spacial score (nSPS) is 19.2. The fourth-order valence-electron chi connectivity index (χ4n) is 3.04. The number of benzene rings is 1. The number of para-hydroxylation sites is 1. The Hall–Kier alpha value is -1.75. The Kier molecular flexibility index (Phi) is 3.53. The third-order valence-corrected chi connectivity index (χ3v) is 4.30. The molecule has 2 N–H and O–H groups in total. The minimum absolute atomic E-state index is 0.217. The van der Waals surface area contributed by atoms with Crippen LogP contribution in [0.5, 0.6) is 0 Å². The summed E-state index contributed by atoms with van der Waals surface area (Å²) in [6, 6.07) is 6.00. The van der Waals surface area contributed by atoms with Crippen LogP contribution in [0.4, 0.5) is 11.4 Å². The smallest absolute Gasteiger partial charge is 0.242 e. The first-order valence-electron chi connectivity index (χ1n) is 7.24. The molecule has 108 valence electrons. The number of likely N-dealkylation sites (N-methyl/N-ethyl adjacent to an activating group) is 1. The quantitative estimate of drug-likeness (QED) is 0.794. The van der Waals surface area contributed by atoms with Crippen LogP contribution in [0.15, 0.2) is 18.2 Å². The molecule has 0 aliphatic carbocycles. The highest BCUT2D eigenvalue weighted by Gasteiger charge is 2.26. The molecule has 3 rings (SSSR count). The summed E-state index contributed by atoms with van der Waals surface area (Å²) in [4.78, 5) is 18.8. The standard InChI is InChI=1S/C15H22N4O/c1-17-7-9-18(10-8-17)14(20)11-19-6-5-12-3-2-4-13(16)15(12)19/h2-4H,5-11,16H2,1H3. The molecule has 0 saturated carbocycles. The number of amides is 1. The molecule has 1 saturated heterocycles. The summed E-state index contributed by atoms with van der Waals surface area (Å²) >= 11 is 0. The van der Waals surface area contributed by atoms with Crippen molar-refractivity contribution in [3.63, 3.8) is 0 Å². The highest BCUT2D eigenvalue weighted by Crippen LogP contribution is 2.33. The number of nitrogens with zero attached hydrogens (tertiary/aromatic N) is 3. The second-order valence-corrected chi connectivity index (χ2v) is 5.71. The van der Waals surface area contributed by atoms with Gasteiger partial charge in [0.25, 0.3) is 0 Å². The first-order chi connectivity index (χ1) is 9.65. The van der Waals surface area contributed by atoms with E-state index in [9.17, 15) is 4.79 Å². The van der Waals surface area contributed by atoms with Crippen molar-refractivity contribution in [2.45, 2.75) is 6.42 Å². The topological polar surface area (TPSA) is 52.8 Å². The van der Waals surface area contributed by atoms with Gasteiger partial charge < -0.3 is 20.4 Å². The van der Waals surface area contributed by atoms with E-state index < -0.39 is 0 Å². The summed E-state index contributed by atoms with van der Waals surface area (Å²) in [5.74, 6) is 0.217. The molecule has 1 aromatic carbocycles. The van der Waals surface area contributed by atoms with Crippen LogP contribution < -0.4 is 10.6 Å². The van der Waals surface area contributed by atoms with E-state index in [0.717, 1.165) is 50.5 Å². The molecular weight excluding hydrogens is 252 g/mol. The van der Waals surface area contributed by atoms with Crippen LogP contribution in [0.3, 0.4) is 0 Å². The summed E-state index contributed by atoms with van der Waals surface area (Å²) in [5.41, 5.74) is 9.17. The summed E-state index contributed by atoms with van der Waals surface area (Å²) in [6.45, 7) is 4.93. The zero-order chi connectivity index (χ0) is 14.1. The second-order valence-electron chi connectivity index (χ2n) is 5.71. The van der Waals surface area contributed by atoms with Gasteiger partial charge in [-0.25, -0.2) is 0 Å². The van der Waals surface area contributed by atoms with Gasteiger partial charge in [-0.2, -0.15) is 0 Å². The van der Waals surface area contributed by atoms with E-state index in [1.165, 1.54) is 5.56 Å². The number of anilines is 2. The van der Waals surface area contributed by atoms with Gasteiger partial charge in [-0.3, -0.25) is 4.79 Å². The highest BCUT2D eigenvalue weighted by atomic mass is 16.2. The Morgan fingerprint density at radius 3 is 2.70 bits per heavy atom. The Labute approximate surface area is 119 Å². The molecule has 2 heterocycles. The summed E-state index contributed by atoms with van der Waals surface area (Å²) in [6.07, 6.45) is 0.983. The number of hydrogen-bond donors (Lipinski definition) is 1. The number of carbonyl (C=O) groups excluding carboxylic acids is 1. The maximum absolute atomic E-state index is 12.4. The average Bonchev–Trinajstić information content (AvgIpc) is 2.84. The predicted molar refractivity (Wildman–Crippen MR) is 80.8 cm³/mol. The van der Waals surface area contributed by atoms with Crippen molar-refractivity contribution in [3.8, 4) is 0 Å². The zero-order valence-electron chi connectivity index (χ0n) is 12.0. The van der Waals surface area contributed by atoms with Gasteiger partial charge in [-0.15, -0.1) is 0 Å². The Morgan fingerprint density at radius 2 is 1.95 bits per heavy atom. The molecule has 0 aromatic heterocycles. The van der Waals surface area contributed by atoms with Crippen LogP contribution in [-0.4, -0.2) is 62.0 Å². The van der Waals surface area contributed by atoms with Crippen molar-refractivity contribution in [1.82, 2.24) is 9.80 Å². The number of hydrogen-bond acceptors (Lipinski definition) is 4. The molecule has 5 heteroatoms. The number of piperazine rings is 1. The minimum Gasteiger partial charge on any atom is -0.397 e. The summed E-state index contributed by atoms with van der Waals surface area (Å²) in [5, 5.41) is 0. The van der Waals surface area contributed by atoms with E-state index in [4.69, 9.17) is 5.73 Å². The first kappa shape index (κ1) is 13.2. The maximum Gasteiger partial charge on any atom is 0.242 e. The Bertz CT molecular complexity index is 509. The number of rotatable bonds is 2. The van der Waals surface area contributed by atoms with Crippen molar-refractivity contribution in [2.24, 2.45) is 0 Å². The van der Waals surface area contributed by atoms with E-state index in [0.29, 0.717) is 6.54 Å². The molecular formula is C15H22N4O. The van der Waals surface area contributed by atoms with Gasteiger partial charge in [0.2, 0.25) is 5.91 Å². The van der Waals surface area contributed by atoms with E-state index in [2.05, 4.69) is 22.9 Å². The number of carbonyl (C=O) groups is 1. The molecule has 2 aliphatic rings. The van der Waals surface area contributed by atoms with E-state index >= 15 is 0 Å². The minimum atomic E-state index is 0.217. The maximum atomic E-state index is 12.4. The van der Waals surface area contributed by atoms with Crippen LogP contribution in [0.1, 0.15) is 5.56 Å². The molecule has 5 nitrogen and oxygen atoms in total. The fourth-order valence-corrected chi connectivity index (χ4v) is 3.04. The molecule has 1 fully saturated rings. The summed E-state index contributed by atoms with van der Waals surface area (Å²) < 4.78 is 0. The summed E-state index contributed by atoms with van der Waals surface area (Å²) in [7, 11) is 2.10. The third kappa shape index (κ3) is 2.45. The van der Waals surface area contributed by atoms with Gasteiger partial charge >= 0.3 is 0 Å². The lowest BCUT2D eigenvalue weighted by molar-refractivity contribution is -0.131. The van der Waals surface area contributed by atoms with Crippen LogP contribution in [0, 0.1) is 0 Å². The van der Waals surface area contributed by atoms with Gasteiger partial charge in [-0.1, -0.05) is 12.1 Å². The van der Waals surface area contributed by atoms with Crippen molar-refractivity contribution < 1.29 is 4.79 Å². The monoisotopic (exact) mass is 274 g/mol. The molecule has 0 radical (unpaired) electrons. The molecule has 1 amide bonds. The molecule has 1 aromatic rings. The Morgan fingerprint density at radius 1 is 1.20 bits per heavy atom. The predicted octanol–water partition coefficient (Wildman–Crippen LogP) is 0.405. The Balaban J connectivity index is 1.67. The van der Waals surface area contributed by atoms with Crippen molar-refractivity contribution in [3.05, 3.63) is 23.8 Å². The molecule has 2 aliphatic heterocycles. The SMILES string of the molecule is CN1CCN(C(=O)CN2CCc3cccc(N)c32)CC1. The number of fused-ring (bicyclic) bond motifs is 1. The van der Waals surface area contributed by atoms with E-state index in [-0.39, 0.29) is 5.91 Å². The van der Waals surface area contributed by atoms with Crippen LogP contribution in [-0.2, 0) is 11.2 Å². The lowest BCUT2D eigenvalue weighted by Crippen LogP contribution is -2.50. The highest BCUT2D eigenvalue weighted by molar-refractivity contribution is 5.85. The third-order valence-electron chi connectivity index (χ3n) is 4.30. The van der Waals surface area contributed by atoms with Gasteiger partial charge in [-0.05, 0) is 25.1 Å². The average molecular weight is 274 g/mol. The lowest BCUT2D eigenvalue weighted by atomic mass is 10.1. The van der Waals surface area contributed by atoms with Gasteiger partial charge in [0.05, 0.1) is 17.9 Å². The van der Waals surface area contributed by atoms with Crippen molar-refractivity contribution in [2.75, 3.05) is 56.9 Å². The van der Waals surface area contributed by atoms with E-state index in [1.807, 2.05) is 17.0 Å². The lowest BCUT2D eigenvalue weighted by Gasteiger charge is -2.33. The largest absolute Gasteiger partial charge is 0.397 e. The van der Waals surface area contributed by atoms with Gasteiger partial charge in [0.15, 0.2) is 0 Å². The number of nitrogen functional groups attached to an aromatic ring is 1. The number of nitrogens with two attached hydrogens (primary N) is 1. The molecule has 0 unspecified atom stereocenters. The first-order valence-corrected chi connectivity index (χ1v) is 7.24. The van der Waals surface area contributed by atoms with Crippen LogP contribution in [0.2, 0.25) is 0 Å². The second kappa shape index (κ2) is 5.32. The van der Waals surface area contributed by atoms with Crippen molar-refractivity contribution >= 4 is 17.3 Å². The van der Waals surface area contributed by atoms with Crippen molar-refractivity contribution in [1.29, 1.82) is 0 Å². The van der Waals surface area contributed by atoms with E-state index in [1.54, 1.807) is 0 Å². The van der Waals surface area contributed by atoms with Gasteiger partial charge in [0.1, 0.15) is 0 Å². The zero-order valence-corrected chi connectivity index (χ0v) is 12.0. The fraction of sp³-hybridized carbons (Fsp3) is 0.533. The van der Waals surface area contributed by atoms with Crippen LogP contribution >= 0.6 is 0 Å². The molecule has 0 spiro atoms. The van der Waals surface area contributed by atoms with Gasteiger partial charge in [0, 0.05) is 32.7 Å². The van der Waals surface area contributed by atoms with Crippen LogP contribution in [0.25, 0.3) is 0 Å². The molecule has 20 heavy (non-hydrogen) atoms.